The van der Waals surface area contributed by atoms with E-state index in [9.17, 15) is 9.59 Å². The predicted molar refractivity (Wildman–Crippen MR) is 107 cm³/mol. The smallest absolute Gasteiger partial charge is 0.251 e. The van der Waals surface area contributed by atoms with E-state index in [2.05, 4.69) is 29.5 Å². The fourth-order valence-electron chi connectivity index (χ4n) is 5.07. The zero-order valence-corrected chi connectivity index (χ0v) is 16.7. The van der Waals surface area contributed by atoms with E-state index in [-0.39, 0.29) is 22.5 Å². The Kier molecular flexibility index (Phi) is 4.18. The molecule has 0 radical (unpaired) electrons. The summed E-state index contributed by atoms with van der Waals surface area (Å²) in [7, 11) is 0. The van der Waals surface area contributed by atoms with Gasteiger partial charge in [-0.25, -0.2) is 0 Å². The summed E-state index contributed by atoms with van der Waals surface area (Å²) < 4.78 is 0. The van der Waals surface area contributed by atoms with E-state index < -0.39 is 0 Å². The summed E-state index contributed by atoms with van der Waals surface area (Å²) in [6.07, 6.45) is 3.07. The first-order valence-corrected chi connectivity index (χ1v) is 9.92. The first-order chi connectivity index (χ1) is 12.7. The van der Waals surface area contributed by atoms with Crippen molar-refractivity contribution in [1.29, 1.82) is 0 Å². The minimum absolute atomic E-state index is 0.0548. The number of carbonyl (C=O) groups is 2. The average molecular weight is 367 g/mol. The number of hydrogen-bond acceptors (Lipinski definition) is 3. The highest BCUT2D eigenvalue weighted by atomic mass is 16.1. The van der Waals surface area contributed by atoms with Crippen molar-refractivity contribution in [2.45, 2.75) is 58.4 Å². The Morgan fingerprint density at radius 1 is 1.22 bits per heavy atom. The van der Waals surface area contributed by atoms with Crippen LogP contribution in [0.15, 0.2) is 18.2 Å². The lowest BCUT2D eigenvalue weighted by Crippen LogP contribution is -2.39. The van der Waals surface area contributed by atoms with E-state index in [1.807, 2.05) is 32.0 Å². The van der Waals surface area contributed by atoms with Gasteiger partial charge in [0.2, 0.25) is 0 Å². The van der Waals surface area contributed by atoms with E-state index in [1.165, 1.54) is 6.42 Å². The first kappa shape index (κ1) is 18.2. The van der Waals surface area contributed by atoms with Crippen LogP contribution >= 0.6 is 0 Å². The van der Waals surface area contributed by atoms with Crippen molar-refractivity contribution in [3.63, 3.8) is 0 Å². The molecule has 0 spiro atoms. The van der Waals surface area contributed by atoms with Crippen LogP contribution in [0, 0.1) is 5.41 Å². The third kappa shape index (κ3) is 3.08. The second-order valence-corrected chi connectivity index (χ2v) is 9.41. The molecule has 5 heteroatoms. The van der Waals surface area contributed by atoms with Crippen LogP contribution in [0.4, 0.5) is 0 Å². The lowest BCUT2D eigenvalue weighted by atomic mass is 9.63. The van der Waals surface area contributed by atoms with Gasteiger partial charge in [0, 0.05) is 34.5 Å². The number of fused-ring (bicyclic) bond motifs is 3. The number of aromatic nitrogens is 1. The fourth-order valence-corrected chi connectivity index (χ4v) is 5.07. The van der Waals surface area contributed by atoms with Gasteiger partial charge in [0.05, 0.1) is 5.69 Å². The molecule has 1 aromatic carbocycles. The monoisotopic (exact) mass is 367 g/mol. The molecule has 4 rings (SSSR count). The van der Waals surface area contributed by atoms with Gasteiger partial charge in [-0.2, -0.15) is 0 Å². The summed E-state index contributed by atoms with van der Waals surface area (Å²) in [5, 5.41) is 7.43. The molecule has 1 amide bonds. The average Bonchev–Trinajstić information content (AvgIpc) is 3.23. The number of aromatic amines is 1. The van der Waals surface area contributed by atoms with Crippen LogP contribution in [-0.4, -0.2) is 35.8 Å². The number of hydrogen-bond donors (Lipinski definition) is 3. The molecule has 1 saturated heterocycles. The molecule has 1 atom stereocenters. The van der Waals surface area contributed by atoms with E-state index in [0.29, 0.717) is 23.8 Å². The maximum absolute atomic E-state index is 12.9. The number of H-pyrrole nitrogens is 1. The molecule has 2 aliphatic rings. The van der Waals surface area contributed by atoms with Crippen molar-refractivity contribution in [2.75, 3.05) is 13.1 Å². The molecule has 1 aliphatic heterocycles. The lowest BCUT2D eigenvalue weighted by Gasteiger charge is -2.39. The minimum atomic E-state index is -0.383. The van der Waals surface area contributed by atoms with Crippen LogP contribution in [0.5, 0.6) is 0 Å². The van der Waals surface area contributed by atoms with E-state index in [4.69, 9.17) is 0 Å². The van der Waals surface area contributed by atoms with Crippen LogP contribution in [0.2, 0.25) is 0 Å². The van der Waals surface area contributed by atoms with Crippen molar-refractivity contribution in [2.24, 2.45) is 5.41 Å². The molecule has 2 heterocycles. The number of Topliss-reactive ketones (excluding diaryl/α,β-unsaturated/α-hetero) is 1. The quantitative estimate of drug-likeness (QED) is 0.777. The van der Waals surface area contributed by atoms with Crippen molar-refractivity contribution >= 4 is 22.6 Å². The summed E-state index contributed by atoms with van der Waals surface area (Å²) in [6.45, 7) is 10.1. The van der Waals surface area contributed by atoms with Gasteiger partial charge >= 0.3 is 0 Å². The molecule has 27 heavy (non-hydrogen) atoms. The molecule has 0 saturated carbocycles. The van der Waals surface area contributed by atoms with Crippen LogP contribution in [0.3, 0.4) is 0 Å². The Labute approximate surface area is 160 Å². The standard InChI is InChI=1S/C22H29N3O2/c1-21(2)12-22(3,4)19(26)18-17(21)15-10-13(7-8-16(15)25-18)20(27)24-11-14-6-5-9-23-14/h7-8,10,14,23,25H,5-6,9,11-12H2,1-4H3,(H,24,27). The molecule has 1 aliphatic carbocycles. The Morgan fingerprint density at radius 3 is 2.70 bits per heavy atom. The predicted octanol–water partition coefficient (Wildman–Crippen LogP) is 3.54. The van der Waals surface area contributed by atoms with Gasteiger partial charge in [-0.15, -0.1) is 0 Å². The zero-order valence-electron chi connectivity index (χ0n) is 16.7. The molecule has 3 N–H and O–H groups in total. The number of benzene rings is 1. The molecule has 144 valence electrons. The van der Waals surface area contributed by atoms with Gasteiger partial charge in [-0.1, -0.05) is 27.7 Å². The number of ketones is 1. The summed E-state index contributed by atoms with van der Waals surface area (Å²) in [6, 6.07) is 6.07. The number of amides is 1. The fraction of sp³-hybridized carbons (Fsp3) is 0.545. The summed E-state index contributed by atoms with van der Waals surface area (Å²) in [5.41, 5.74) is 2.82. The topological polar surface area (TPSA) is 74.0 Å². The summed E-state index contributed by atoms with van der Waals surface area (Å²) in [4.78, 5) is 28.9. The molecule has 0 bridgehead atoms. The van der Waals surface area contributed by atoms with E-state index in [1.54, 1.807) is 0 Å². The van der Waals surface area contributed by atoms with Gasteiger partial charge in [0.15, 0.2) is 5.78 Å². The van der Waals surface area contributed by atoms with Crippen LogP contribution in [-0.2, 0) is 5.41 Å². The molecule has 1 unspecified atom stereocenters. The van der Waals surface area contributed by atoms with E-state index >= 15 is 0 Å². The highest BCUT2D eigenvalue weighted by Crippen LogP contribution is 2.48. The van der Waals surface area contributed by atoms with Gasteiger partial charge in [-0.3, -0.25) is 9.59 Å². The number of nitrogens with one attached hydrogen (secondary N) is 3. The highest BCUT2D eigenvalue weighted by Gasteiger charge is 2.45. The van der Waals surface area contributed by atoms with Gasteiger partial charge in [0.1, 0.15) is 0 Å². The van der Waals surface area contributed by atoms with Crippen LogP contribution in [0.1, 0.15) is 73.4 Å². The first-order valence-electron chi connectivity index (χ1n) is 9.92. The maximum Gasteiger partial charge on any atom is 0.251 e. The Morgan fingerprint density at radius 2 is 2.00 bits per heavy atom. The minimum Gasteiger partial charge on any atom is -0.352 e. The second-order valence-electron chi connectivity index (χ2n) is 9.41. The Bertz CT molecular complexity index is 917. The molecule has 1 aromatic heterocycles. The molecule has 2 aromatic rings. The highest BCUT2D eigenvalue weighted by molar-refractivity contribution is 6.08. The maximum atomic E-state index is 12.9. The molecule has 1 fully saturated rings. The number of rotatable bonds is 3. The van der Waals surface area contributed by atoms with Gasteiger partial charge < -0.3 is 15.6 Å². The molecular weight excluding hydrogens is 338 g/mol. The van der Waals surface area contributed by atoms with Crippen molar-refractivity contribution in [1.82, 2.24) is 15.6 Å². The second kappa shape index (κ2) is 6.20. The van der Waals surface area contributed by atoms with Crippen LogP contribution in [0.25, 0.3) is 10.9 Å². The van der Waals surface area contributed by atoms with Crippen LogP contribution < -0.4 is 10.6 Å². The van der Waals surface area contributed by atoms with Gasteiger partial charge in [-0.05, 0) is 55.0 Å². The summed E-state index contributed by atoms with van der Waals surface area (Å²) in [5.74, 6) is 0.104. The van der Waals surface area contributed by atoms with E-state index in [0.717, 1.165) is 35.9 Å². The zero-order chi connectivity index (χ0) is 19.4. The number of carbonyl (C=O) groups excluding carboxylic acids is 2. The largest absolute Gasteiger partial charge is 0.352 e. The van der Waals surface area contributed by atoms with Gasteiger partial charge in [0.25, 0.3) is 5.91 Å². The third-order valence-electron chi connectivity index (χ3n) is 6.13. The van der Waals surface area contributed by atoms with Crippen molar-refractivity contribution in [3.8, 4) is 0 Å². The van der Waals surface area contributed by atoms with Crippen molar-refractivity contribution in [3.05, 3.63) is 35.0 Å². The Hall–Kier alpha value is -2.14. The molecular formula is C22H29N3O2. The summed E-state index contributed by atoms with van der Waals surface area (Å²) >= 11 is 0. The Balaban J connectivity index is 1.69. The SMILES string of the molecule is CC1(C)CC(C)(C)c2c([nH]c3ccc(C(=O)NCC4CCCN4)cc23)C1=O. The molecule has 5 nitrogen and oxygen atoms in total. The lowest BCUT2D eigenvalue weighted by molar-refractivity contribution is 0.0759. The normalized spacial score (nSPS) is 23.4. The van der Waals surface area contributed by atoms with Crippen molar-refractivity contribution < 1.29 is 9.59 Å². The third-order valence-corrected chi connectivity index (χ3v) is 6.13.